The minimum atomic E-state index is -0.772. The van der Waals surface area contributed by atoms with Crippen molar-refractivity contribution >= 4 is 23.2 Å². The Balaban J connectivity index is 1.92. The first-order valence-electron chi connectivity index (χ1n) is 6.96. The number of hydrogen-bond donors (Lipinski definition) is 1. The fraction of sp³-hybridized carbons (Fsp3) is 0.429. The molecule has 1 saturated heterocycles. The Bertz CT molecular complexity index is 572. The number of nitrogens with one attached hydrogen (secondary N) is 1. The number of amides is 2. The zero-order valence-corrected chi connectivity index (χ0v) is 12.2. The molecule has 0 radical (unpaired) electrons. The lowest BCUT2D eigenvalue weighted by Gasteiger charge is -2.31. The first-order chi connectivity index (χ1) is 10.5. The summed E-state index contributed by atoms with van der Waals surface area (Å²) in [6.45, 7) is 3.41. The normalized spacial score (nSPS) is 18.1. The summed E-state index contributed by atoms with van der Waals surface area (Å²) in [6, 6.07) is 5.49. The molecular formula is C14H17N3O5. The third-order valence-electron chi connectivity index (χ3n) is 3.38. The van der Waals surface area contributed by atoms with Gasteiger partial charge in [-0.15, -0.1) is 0 Å². The summed E-state index contributed by atoms with van der Waals surface area (Å²) in [5.41, 5.74) is 0.383. The van der Waals surface area contributed by atoms with E-state index in [-0.39, 0.29) is 23.9 Å². The molecular weight excluding hydrogens is 290 g/mol. The van der Waals surface area contributed by atoms with Crippen molar-refractivity contribution in [3.05, 3.63) is 34.4 Å². The number of non-ortho nitro benzene ring substituents is 1. The first kappa shape index (κ1) is 15.9. The second-order valence-electron chi connectivity index (χ2n) is 4.83. The molecule has 0 spiro atoms. The van der Waals surface area contributed by atoms with Crippen LogP contribution in [0.1, 0.15) is 13.3 Å². The second-order valence-corrected chi connectivity index (χ2v) is 4.83. The Morgan fingerprint density at radius 3 is 2.73 bits per heavy atom. The van der Waals surface area contributed by atoms with Crippen molar-refractivity contribution in [1.29, 1.82) is 0 Å². The number of hydrogen-bond acceptors (Lipinski definition) is 5. The highest BCUT2D eigenvalue weighted by Crippen LogP contribution is 2.16. The third kappa shape index (κ3) is 3.79. The van der Waals surface area contributed by atoms with Crippen LogP contribution < -0.4 is 5.32 Å². The number of morpholine rings is 1. The highest BCUT2D eigenvalue weighted by Gasteiger charge is 2.30. The predicted octanol–water partition coefficient (Wildman–Crippen LogP) is 1.17. The Morgan fingerprint density at radius 2 is 2.14 bits per heavy atom. The van der Waals surface area contributed by atoms with E-state index in [4.69, 9.17) is 4.74 Å². The number of rotatable bonds is 5. The summed E-state index contributed by atoms with van der Waals surface area (Å²) in [5, 5.41) is 13.1. The fourth-order valence-electron chi connectivity index (χ4n) is 2.20. The van der Waals surface area contributed by atoms with Gasteiger partial charge < -0.3 is 15.0 Å². The zero-order chi connectivity index (χ0) is 16.1. The minimum absolute atomic E-state index is 0.0534. The number of nitro benzene ring substituents is 1. The number of nitro groups is 1. The van der Waals surface area contributed by atoms with Gasteiger partial charge in [-0.2, -0.15) is 0 Å². The average molecular weight is 307 g/mol. The van der Waals surface area contributed by atoms with Gasteiger partial charge in [0.05, 0.1) is 18.0 Å². The SMILES string of the molecule is CCN1CCO[C@@H](CC(=O)Nc2ccc([N+](=O)[O-])cc2)C1=O. The summed E-state index contributed by atoms with van der Waals surface area (Å²) in [4.78, 5) is 35.6. The van der Waals surface area contributed by atoms with Crippen LogP contribution in [0.15, 0.2) is 24.3 Å². The predicted molar refractivity (Wildman–Crippen MR) is 78.3 cm³/mol. The van der Waals surface area contributed by atoms with E-state index in [1.807, 2.05) is 6.92 Å². The van der Waals surface area contributed by atoms with Gasteiger partial charge in [-0.1, -0.05) is 0 Å². The maximum atomic E-state index is 12.0. The molecule has 8 nitrogen and oxygen atoms in total. The molecule has 22 heavy (non-hydrogen) atoms. The lowest BCUT2D eigenvalue weighted by molar-refractivity contribution is -0.384. The summed E-state index contributed by atoms with van der Waals surface area (Å²) < 4.78 is 5.34. The van der Waals surface area contributed by atoms with Crippen LogP contribution in [-0.4, -0.2) is 47.4 Å². The molecule has 1 fully saturated rings. The molecule has 1 aliphatic heterocycles. The molecule has 2 amide bonds. The largest absolute Gasteiger partial charge is 0.366 e. The van der Waals surface area contributed by atoms with Crippen LogP contribution in [-0.2, 0) is 14.3 Å². The van der Waals surface area contributed by atoms with Crippen molar-refractivity contribution in [1.82, 2.24) is 4.90 Å². The van der Waals surface area contributed by atoms with Gasteiger partial charge in [0.2, 0.25) is 5.91 Å². The number of carbonyl (C=O) groups excluding carboxylic acids is 2. The van der Waals surface area contributed by atoms with E-state index >= 15 is 0 Å². The van der Waals surface area contributed by atoms with Crippen LogP contribution >= 0.6 is 0 Å². The van der Waals surface area contributed by atoms with Gasteiger partial charge in [0, 0.05) is 30.9 Å². The van der Waals surface area contributed by atoms with Crippen molar-refractivity contribution < 1.29 is 19.2 Å². The standard InChI is InChI=1S/C14H17N3O5/c1-2-16-7-8-22-12(14(16)19)9-13(18)15-10-3-5-11(6-4-10)17(20)21/h3-6,12H,2,7-9H2,1H3,(H,15,18)/t12-/m0/s1. The monoisotopic (exact) mass is 307 g/mol. The molecule has 0 aliphatic carbocycles. The van der Waals surface area contributed by atoms with Gasteiger partial charge in [-0.25, -0.2) is 0 Å². The van der Waals surface area contributed by atoms with Gasteiger partial charge in [-0.05, 0) is 19.1 Å². The summed E-state index contributed by atoms with van der Waals surface area (Å²) in [6.07, 6.45) is -0.849. The maximum Gasteiger partial charge on any atom is 0.269 e. The first-order valence-corrected chi connectivity index (χ1v) is 6.96. The molecule has 1 aromatic carbocycles. The van der Waals surface area contributed by atoms with Crippen LogP contribution in [0.3, 0.4) is 0 Å². The molecule has 2 rings (SSSR count). The van der Waals surface area contributed by atoms with Crippen molar-refractivity contribution in [2.24, 2.45) is 0 Å². The Kier molecular flexibility index (Phi) is 5.05. The molecule has 0 saturated carbocycles. The highest BCUT2D eigenvalue weighted by molar-refractivity contribution is 5.95. The zero-order valence-electron chi connectivity index (χ0n) is 12.2. The third-order valence-corrected chi connectivity index (χ3v) is 3.38. The van der Waals surface area contributed by atoms with Crippen molar-refractivity contribution in [3.63, 3.8) is 0 Å². The fourth-order valence-corrected chi connectivity index (χ4v) is 2.20. The van der Waals surface area contributed by atoms with E-state index in [9.17, 15) is 19.7 Å². The summed E-state index contributed by atoms with van der Waals surface area (Å²) in [7, 11) is 0. The number of likely N-dealkylation sites (N-methyl/N-ethyl adjacent to an activating group) is 1. The van der Waals surface area contributed by atoms with Gasteiger partial charge in [0.25, 0.3) is 11.6 Å². The molecule has 1 aromatic rings. The second kappa shape index (κ2) is 6.99. The number of nitrogens with zero attached hydrogens (tertiary/aromatic N) is 2. The molecule has 1 heterocycles. The van der Waals surface area contributed by atoms with Gasteiger partial charge >= 0.3 is 0 Å². The molecule has 118 valence electrons. The smallest absolute Gasteiger partial charge is 0.269 e. The lowest BCUT2D eigenvalue weighted by Crippen LogP contribution is -2.48. The minimum Gasteiger partial charge on any atom is -0.366 e. The average Bonchev–Trinajstić information content (AvgIpc) is 2.50. The quantitative estimate of drug-likeness (QED) is 0.650. The maximum absolute atomic E-state index is 12.0. The van der Waals surface area contributed by atoms with Crippen molar-refractivity contribution in [3.8, 4) is 0 Å². The van der Waals surface area contributed by atoms with E-state index < -0.39 is 11.0 Å². The van der Waals surface area contributed by atoms with Gasteiger partial charge in [0.15, 0.2) is 0 Å². The van der Waals surface area contributed by atoms with E-state index in [1.54, 1.807) is 4.90 Å². The summed E-state index contributed by atoms with van der Waals surface area (Å²) >= 11 is 0. The van der Waals surface area contributed by atoms with E-state index in [2.05, 4.69) is 5.32 Å². The van der Waals surface area contributed by atoms with Crippen molar-refractivity contribution in [2.75, 3.05) is 25.0 Å². The van der Waals surface area contributed by atoms with E-state index in [0.717, 1.165) is 0 Å². The highest BCUT2D eigenvalue weighted by atomic mass is 16.6. The van der Waals surface area contributed by atoms with Crippen LogP contribution in [0.4, 0.5) is 11.4 Å². The number of ether oxygens (including phenoxy) is 1. The topological polar surface area (TPSA) is 102 Å². The van der Waals surface area contributed by atoms with Crippen LogP contribution in [0.25, 0.3) is 0 Å². The number of anilines is 1. The van der Waals surface area contributed by atoms with Crippen molar-refractivity contribution in [2.45, 2.75) is 19.4 Å². The molecule has 1 aliphatic rings. The lowest BCUT2D eigenvalue weighted by atomic mass is 10.1. The summed E-state index contributed by atoms with van der Waals surface area (Å²) in [5.74, 6) is -0.558. The van der Waals surface area contributed by atoms with E-state index in [0.29, 0.717) is 25.4 Å². The molecule has 1 atom stereocenters. The molecule has 8 heteroatoms. The Labute approximate surface area is 127 Å². The Morgan fingerprint density at radius 1 is 1.45 bits per heavy atom. The molecule has 0 unspecified atom stereocenters. The van der Waals surface area contributed by atoms with Gasteiger partial charge in [0.1, 0.15) is 6.10 Å². The Hall–Kier alpha value is -2.48. The number of benzene rings is 1. The molecule has 0 aromatic heterocycles. The van der Waals surface area contributed by atoms with E-state index in [1.165, 1.54) is 24.3 Å². The van der Waals surface area contributed by atoms with Crippen LogP contribution in [0.2, 0.25) is 0 Å². The number of carbonyl (C=O) groups is 2. The molecule has 0 bridgehead atoms. The van der Waals surface area contributed by atoms with Crippen LogP contribution in [0.5, 0.6) is 0 Å². The van der Waals surface area contributed by atoms with Gasteiger partial charge in [-0.3, -0.25) is 19.7 Å². The van der Waals surface area contributed by atoms with Crippen LogP contribution in [0, 0.1) is 10.1 Å². The molecule has 1 N–H and O–H groups in total.